The third kappa shape index (κ3) is 3.61. The molecule has 0 bridgehead atoms. The molecule has 0 amide bonds. The van der Waals surface area contributed by atoms with E-state index in [0.29, 0.717) is 5.56 Å². The minimum absolute atomic E-state index is 0.0896. The summed E-state index contributed by atoms with van der Waals surface area (Å²) in [5.74, 6) is 0.291. The van der Waals surface area contributed by atoms with Crippen LogP contribution in [0.1, 0.15) is 12.0 Å². The Hall–Kier alpha value is -1.53. The highest BCUT2D eigenvalue weighted by Gasteiger charge is 2.27. The number of alkyl halides is 3. The minimum Gasteiger partial charge on any atom is -0.477 e. The Balaban J connectivity index is 2.55. The second-order valence-corrected chi connectivity index (χ2v) is 2.90. The average Bonchev–Trinajstić information content (AvgIpc) is 2.10. The lowest BCUT2D eigenvalue weighted by Crippen LogP contribution is -2.14. The summed E-state index contributed by atoms with van der Waals surface area (Å²) in [6.45, 7) is 1.11. The molecule has 0 aliphatic carbocycles. The van der Waals surface area contributed by atoms with Gasteiger partial charge in [0.05, 0.1) is 18.6 Å². The van der Waals surface area contributed by atoms with Crippen molar-refractivity contribution >= 4 is 5.82 Å². The van der Waals surface area contributed by atoms with E-state index in [4.69, 9.17) is 10.5 Å². The van der Waals surface area contributed by atoms with Crippen LogP contribution in [0, 0.1) is 6.92 Å². The predicted molar refractivity (Wildman–Crippen MR) is 47.3 cm³/mol. The molecule has 0 atom stereocenters. The van der Waals surface area contributed by atoms with E-state index in [9.17, 15) is 13.2 Å². The van der Waals surface area contributed by atoms with E-state index in [-0.39, 0.29) is 11.7 Å². The van der Waals surface area contributed by atoms with E-state index in [2.05, 4.69) is 9.97 Å². The Morgan fingerprint density at radius 2 is 2.07 bits per heavy atom. The molecule has 1 aromatic rings. The molecule has 0 saturated carbocycles. The zero-order valence-corrected chi connectivity index (χ0v) is 8.01. The lowest BCUT2D eigenvalue weighted by molar-refractivity contribution is -0.139. The molecule has 0 aliphatic rings. The fourth-order valence-corrected chi connectivity index (χ4v) is 0.856. The standard InChI is InChI=1S/C8H10F3N3O/c1-5-6(12)13-4-14-7(5)15-3-2-8(9,10)11/h4H,2-3H2,1H3,(H2,12,13,14). The first kappa shape index (κ1) is 11.5. The van der Waals surface area contributed by atoms with Gasteiger partial charge >= 0.3 is 6.18 Å². The molecule has 1 rings (SSSR count). The van der Waals surface area contributed by atoms with Gasteiger partial charge in [-0.1, -0.05) is 0 Å². The first-order valence-corrected chi connectivity index (χ1v) is 4.17. The Morgan fingerprint density at radius 1 is 1.40 bits per heavy atom. The van der Waals surface area contributed by atoms with Crippen molar-refractivity contribution in [2.24, 2.45) is 0 Å². The highest BCUT2D eigenvalue weighted by molar-refractivity contribution is 5.42. The van der Waals surface area contributed by atoms with Gasteiger partial charge in [0.1, 0.15) is 12.1 Å². The van der Waals surface area contributed by atoms with Crippen molar-refractivity contribution in [3.63, 3.8) is 0 Å². The van der Waals surface area contributed by atoms with Gasteiger partial charge in [-0.2, -0.15) is 13.2 Å². The second kappa shape index (κ2) is 4.33. The normalized spacial score (nSPS) is 11.5. The van der Waals surface area contributed by atoms with E-state index in [1.807, 2.05) is 0 Å². The molecular weight excluding hydrogens is 211 g/mol. The topological polar surface area (TPSA) is 61.0 Å². The van der Waals surface area contributed by atoms with Crippen LogP contribution < -0.4 is 10.5 Å². The predicted octanol–water partition coefficient (Wildman–Crippen LogP) is 1.70. The molecule has 0 spiro atoms. The molecule has 2 N–H and O–H groups in total. The SMILES string of the molecule is Cc1c(N)ncnc1OCCC(F)(F)F. The Bertz CT molecular complexity index is 340. The van der Waals surface area contributed by atoms with Crippen LogP contribution in [0.4, 0.5) is 19.0 Å². The minimum atomic E-state index is -4.23. The lowest BCUT2D eigenvalue weighted by atomic mass is 10.3. The summed E-state index contributed by atoms with van der Waals surface area (Å²) < 4.78 is 40.2. The summed E-state index contributed by atoms with van der Waals surface area (Å²) in [6, 6.07) is 0. The summed E-state index contributed by atoms with van der Waals surface area (Å²) in [5, 5.41) is 0. The molecule has 1 aromatic heterocycles. The highest BCUT2D eigenvalue weighted by atomic mass is 19.4. The molecular formula is C8H10F3N3O. The van der Waals surface area contributed by atoms with E-state index in [1.54, 1.807) is 6.92 Å². The molecule has 0 saturated heterocycles. The first-order chi connectivity index (χ1) is 6.90. The molecule has 7 heteroatoms. The summed E-state index contributed by atoms with van der Waals surface area (Å²) >= 11 is 0. The largest absolute Gasteiger partial charge is 0.477 e. The number of halogens is 3. The molecule has 15 heavy (non-hydrogen) atoms. The summed E-state index contributed by atoms with van der Waals surface area (Å²) in [5.41, 5.74) is 5.87. The van der Waals surface area contributed by atoms with Crippen LogP contribution in [0.25, 0.3) is 0 Å². The van der Waals surface area contributed by atoms with Gasteiger partial charge in [0.25, 0.3) is 0 Å². The van der Waals surface area contributed by atoms with Gasteiger partial charge in [0, 0.05) is 0 Å². The molecule has 0 fully saturated rings. The van der Waals surface area contributed by atoms with Gasteiger partial charge in [-0.15, -0.1) is 0 Å². The maximum Gasteiger partial charge on any atom is 0.392 e. The van der Waals surface area contributed by atoms with E-state index in [1.165, 1.54) is 0 Å². The zero-order valence-electron chi connectivity index (χ0n) is 8.01. The molecule has 0 aliphatic heterocycles. The van der Waals surface area contributed by atoms with Crippen LogP contribution in [0.2, 0.25) is 0 Å². The first-order valence-electron chi connectivity index (χ1n) is 4.17. The monoisotopic (exact) mass is 221 g/mol. The van der Waals surface area contributed by atoms with Crippen LogP contribution >= 0.6 is 0 Å². The van der Waals surface area contributed by atoms with Crippen molar-refractivity contribution < 1.29 is 17.9 Å². The number of nitrogens with two attached hydrogens (primary N) is 1. The maximum atomic E-state index is 11.8. The summed E-state index contributed by atoms with van der Waals surface area (Å²) in [6.07, 6.45) is -4.10. The fourth-order valence-electron chi connectivity index (χ4n) is 0.856. The number of anilines is 1. The van der Waals surface area contributed by atoms with Crippen molar-refractivity contribution in [2.75, 3.05) is 12.3 Å². The van der Waals surface area contributed by atoms with Crippen molar-refractivity contribution in [1.29, 1.82) is 0 Å². The smallest absolute Gasteiger partial charge is 0.392 e. The van der Waals surface area contributed by atoms with Gasteiger partial charge in [-0.05, 0) is 6.92 Å². The van der Waals surface area contributed by atoms with Gasteiger partial charge in [-0.25, -0.2) is 9.97 Å². The van der Waals surface area contributed by atoms with Crippen molar-refractivity contribution in [3.8, 4) is 5.88 Å². The average molecular weight is 221 g/mol. The Morgan fingerprint density at radius 3 is 2.67 bits per heavy atom. The van der Waals surface area contributed by atoms with Gasteiger partial charge < -0.3 is 10.5 Å². The summed E-state index contributed by atoms with van der Waals surface area (Å²) in [7, 11) is 0. The summed E-state index contributed by atoms with van der Waals surface area (Å²) in [4.78, 5) is 7.34. The molecule has 0 unspecified atom stereocenters. The van der Waals surface area contributed by atoms with Gasteiger partial charge in [0.2, 0.25) is 5.88 Å². The van der Waals surface area contributed by atoms with Crippen molar-refractivity contribution in [3.05, 3.63) is 11.9 Å². The molecule has 0 radical (unpaired) electrons. The molecule has 1 heterocycles. The van der Waals surface area contributed by atoms with Gasteiger partial charge in [-0.3, -0.25) is 0 Å². The van der Waals surface area contributed by atoms with E-state index >= 15 is 0 Å². The lowest BCUT2D eigenvalue weighted by Gasteiger charge is -2.09. The number of hydrogen-bond donors (Lipinski definition) is 1. The van der Waals surface area contributed by atoms with Crippen LogP contribution in [-0.2, 0) is 0 Å². The maximum absolute atomic E-state index is 11.8. The van der Waals surface area contributed by atoms with Crippen molar-refractivity contribution in [1.82, 2.24) is 9.97 Å². The van der Waals surface area contributed by atoms with E-state index < -0.39 is 19.2 Å². The Kier molecular flexibility index (Phi) is 3.33. The third-order valence-corrected chi connectivity index (χ3v) is 1.70. The third-order valence-electron chi connectivity index (χ3n) is 1.70. The quantitative estimate of drug-likeness (QED) is 0.843. The number of nitrogen functional groups attached to an aromatic ring is 1. The number of nitrogens with zero attached hydrogens (tertiary/aromatic N) is 2. The Labute approximate surface area is 84.3 Å². The van der Waals surface area contributed by atoms with E-state index in [0.717, 1.165) is 6.33 Å². The van der Waals surface area contributed by atoms with Crippen LogP contribution in [-0.4, -0.2) is 22.8 Å². The zero-order chi connectivity index (χ0) is 11.5. The molecule has 84 valence electrons. The van der Waals surface area contributed by atoms with Crippen LogP contribution in [0.5, 0.6) is 5.88 Å². The highest BCUT2D eigenvalue weighted by Crippen LogP contribution is 2.21. The van der Waals surface area contributed by atoms with Crippen LogP contribution in [0.15, 0.2) is 6.33 Å². The number of aromatic nitrogens is 2. The number of hydrogen-bond acceptors (Lipinski definition) is 4. The number of ether oxygens (including phenoxy) is 1. The van der Waals surface area contributed by atoms with Gasteiger partial charge in [0.15, 0.2) is 0 Å². The molecule has 4 nitrogen and oxygen atoms in total. The van der Waals surface area contributed by atoms with Crippen molar-refractivity contribution in [2.45, 2.75) is 19.5 Å². The molecule has 0 aromatic carbocycles. The van der Waals surface area contributed by atoms with Crippen LogP contribution in [0.3, 0.4) is 0 Å². The fraction of sp³-hybridized carbons (Fsp3) is 0.500. The number of rotatable bonds is 3. The second-order valence-electron chi connectivity index (χ2n) is 2.90.